The molecule has 2 amide bonds. The van der Waals surface area contributed by atoms with Crippen LogP contribution in [0.1, 0.15) is 26.3 Å². The highest BCUT2D eigenvalue weighted by atomic mass is 16.2. The molecule has 2 heterocycles. The number of hydrogen-bond donors (Lipinski definition) is 2. The van der Waals surface area contributed by atoms with Gasteiger partial charge >= 0.3 is 0 Å². The van der Waals surface area contributed by atoms with E-state index in [2.05, 4.69) is 10.2 Å². The van der Waals surface area contributed by atoms with Crippen molar-refractivity contribution >= 4 is 17.6 Å². The van der Waals surface area contributed by atoms with Crippen LogP contribution < -0.4 is 10.6 Å². The van der Waals surface area contributed by atoms with E-state index in [1.54, 1.807) is 24.3 Å². The minimum atomic E-state index is -0.352. The van der Waals surface area contributed by atoms with Gasteiger partial charge in [-0.25, -0.2) is 4.90 Å². The fourth-order valence-electron chi connectivity index (χ4n) is 2.04. The van der Waals surface area contributed by atoms with E-state index in [9.17, 15) is 9.59 Å². The van der Waals surface area contributed by atoms with Crippen molar-refractivity contribution in [1.82, 2.24) is 10.2 Å². The van der Waals surface area contributed by atoms with Crippen LogP contribution in [0.25, 0.3) is 0 Å². The lowest BCUT2D eigenvalue weighted by atomic mass is 10.1. The number of hydrogen-bond acceptors (Lipinski definition) is 4. The first-order chi connectivity index (χ1) is 8.74. The third-order valence-corrected chi connectivity index (χ3v) is 2.93. The molecule has 3 rings (SSSR count). The van der Waals surface area contributed by atoms with Crippen molar-refractivity contribution in [3.05, 3.63) is 47.2 Å². The minimum Gasteiger partial charge on any atom is -0.326 e. The predicted octanol–water partition coefficient (Wildman–Crippen LogP) is 0.669. The number of benzene rings is 1. The van der Waals surface area contributed by atoms with Gasteiger partial charge in [0.05, 0.1) is 17.3 Å². The van der Waals surface area contributed by atoms with Gasteiger partial charge in [-0.1, -0.05) is 12.1 Å². The van der Waals surface area contributed by atoms with E-state index in [0.717, 1.165) is 4.90 Å². The standard InChI is InChI=1S/C12H10N4O2/c13-5-7-6-14-15-10(7)16-11(17)8-3-1-2-4-9(8)12(16)18/h1-4,6H,5,13H2,(H,14,15). The molecule has 0 unspecified atom stereocenters. The number of amides is 2. The van der Waals surface area contributed by atoms with Crippen molar-refractivity contribution in [3.8, 4) is 0 Å². The molecule has 0 saturated carbocycles. The zero-order chi connectivity index (χ0) is 12.7. The second-order valence-electron chi connectivity index (χ2n) is 3.94. The molecule has 6 heteroatoms. The number of anilines is 1. The zero-order valence-corrected chi connectivity index (χ0v) is 9.38. The smallest absolute Gasteiger partial charge is 0.267 e. The molecule has 0 spiro atoms. The van der Waals surface area contributed by atoms with Crippen LogP contribution >= 0.6 is 0 Å². The van der Waals surface area contributed by atoms with Crippen LogP contribution in [0.3, 0.4) is 0 Å². The molecule has 6 nitrogen and oxygen atoms in total. The quantitative estimate of drug-likeness (QED) is 0.757. The van der Waals surface area contributed by atoms with E-state index in [-0.39, 0.29) is 18.4 Å². The lowest BCUT2D eigenvalue weighted by molar-refractivity contribution is 0.0924. The number of fused-ring (bicyclic) bond motifs is 1. The first kappa shape index (κ1) is 10.7. The second kappa shape index (κ2) is 3.78. The lowest BCUT2D eigenvalue weighted by Crippen LogP contribution is -2.30. The molecule has 90 valence electrons. The third kappa shape index (κ3) is 1.29. The summed E-state index contributed by atoms with van der Waals surface area (Å²) in [6.07, 6.45) is 1.51. The molecule has 0 atom stereocenters. The van der Waals surface area contributed by atoms with E-state index < -0.39 is 0 Å². The first-order valence-electron chi connectivity index (χ1n) is 5.44. The summed E-state index contributed by atoms with van der Waals surface area (Å²) in [6, 6.07) is 6.72. The molecule has 2 aromatic rings. The van der Waals surface area contributed by atoms with Crippen molar-refractivity contribution < 1.29 is 9.59 Å². The molecule has 0 fully saturated rings. The SMILES string of the molecule is NCc1cn[nH]c1N1C(=O)c2ccccc2C1=O. The summed E-state index contributed by atoms with van der Waals surface area (Å²) in [5.41, 5.74) is 6.98. The van der Waals surface area contributed by atoms with E-state index in [1.807, 2.05) is 0 Å². The van der Waals surface area contributed by atoms with Gasteiger partial charge in [0, 0.05) is 12.1 Å². The molecular weight excluding hydrogens is 232 g/mol. The summed E-state index contributed by atoms with van der Waals surface area (Å²) in [6.45, 7) is 0.208. The van der Waals surface area contributed by atoms with Crippen molar-refractivity contribution in [2.45, 2.75) is 6.54 Å². The highest BCUT2D eigenvalue weighted by Crippen LogP contribution is 2.28. The second-order valence-corrected chi connectivity index (χ2v) is 3.94. The van der Waals surface area contributed by atoms with Gasteiger partial charge in [-0.05, 0) is 12.1 Å². The summed E-state index contributed by atoms with van der Waals surface area (Å²) in [5, 5.41) is 6.47. The van der Waals surface area contributed by atoms with E-state index in [4.69, 9.17) is 5.73 Å². The molecule has 1 aromatic heterocycles. The topological polar surface area (TPSA) is 92.1 Å². The molecule has 18 heavy (non-hydrogen) atoms. The maximum absolute atomic E-state index is 12.2. The van der Waals surface area contributed by atoms with Gasteiger partial charge in [-0.2, -0.15) is 5.10 Å². The van der Waals surface area contributed by atoms with Gasteiger partial charge in [0.15, 0.2) is 0 Å². The molecule has 0 bridgehead atoms. The van der Waals surface area contributed by atoms with Gasteiger partial charge in [0.2, 0.25) is 0 Å². The summed E-state index contributed by atoms with van der Waals surface area (Å²) in [5.74, 6) is -0.354. The molecule has 1 aromatic carbocycles. The number of aromatic nitrogens is 2. The van der Waals surface area contributed by atoms with Crippen LogP contribution in [0.5, 0.6) is 0 Å². The number of imide groups is 1. The molecule has 0 saturated heterocycles. The number of aromatic amines is 1. The number of nitrogens with two attached hydrogens (primary N) is 1. The Hall–Kier alpha value is -2.47. The molecule has 3 N–H and O–H groups in total. The predicted molar refractivity (Wildman–Crippen MR) is 64.1 cm³/mol. The lowest BCUT2D eigenvalue weighted by Gasteiger charge is -2.12. The first-order valence-corrected chi connectivity index (χ1v) is 5.44. The summed E-state index contributed by atoms with van der Waals surface area (Å²) in [4.78, 5) is 25.5. The van der Waals surface area contributed by atoms with Crippen LogP contribution in [0.2, 0.25) is 0 Å². The summed E-state index contributed by atoms with van der Waals surface area (Å²) < 4.78 is 0. The fraction of sp³-hybridized carbons (Fsp3) is 0.0833. The van der Waals surface area contributed by atoms with Gasteiger partial charge in [-0.15, -0.1) is 0 Å². The largest absolute Gasteiger partial charge is 0.326 e. The van der Waals surface area contributed by atoms with Crippen molar-refractivity contribution in [1.29, 1.82) is 0 Å². The maximum atomic E-state index is 12.2. The number of carbonyl (C=O) groups excluding carboxylic acids is 2. The van der Waals surface area contributed by atoms with E-state index in [0.29, 0.717) is 22.5 Å². The van der Waals surface area contributed by atoms with E-state index in [1.165, 1.54) is 6.20 Å². The molecule has 0 aliphatic carbocycles. The van der Waals surface area contributed by atoms with Gasteiger partial charge in [0.1, 0.15) is 5.82 Å². The van der Waals surface area contributed by atoms with Crippen LogP contribution in [0, 0.1) is 0 Å². The Labute approximate surface area is 102 Å². The van der Waals surface area contributed by atoms with Crippen molar-refractivity contribution in [2.75, 3.05) is 4.90 Å². The average molecular weight is 242 g/mol. The average Bonchev–Trinajstić information content (AvgIpc) is 2.95. The Morgan fingerprint density at radius 1 is 1.17 bits per heavy atom. The van der Waals surface area contributed by atoms with Crippen molar-refractivity contribution in [3.63, 3.8) is 0 Å². The normalized spacial score (nSPS) is 14.2. The molecule has 1 aliphatic heterocycles. The minimum absolute atomic E-state index is 0.208. The van der Waals surface area contributed by atoms with Crippen LogP contribution in [-0.4, -0.2) is 22.0 Å². The Bertz CT molecular complexity index is 612. The number of H-pyrrole nitrogens is 1. The van der Waals surface area contributed by atoms with Crippen molar-refractivity contribution in [2.24, 2.45) is 5.73 Å². The maximum Gasteiger partial charge on any atom is 0.267 e. The van der Waals surface area contributed by atoms with Gasteiger partial charge in [0.25, 0.3) is 11.8 Å². The highest BCUT2D eigenvalue weighted by molar-refractivity contribution is 6.34. The molecular formula is C12H10N4O2. The van der Waals surface area contributed by atoms with Gasteiger partial charge < -0.3 is 5.73 Å². The van der Waals surface area contributed by atoms with Crippen LogP contribution in [-0.2, 0) is 6.54 Å². The van der Waals surface area contributed by atoms with Gasteiger partial charge in [-0.3, -0.25) is 14.7 Å². The third-order valence-electron chi connectivity index (χ3n) is 2.93. The Balaban J connectivity index is 2.13. The highest BCUT2D eigenvalue weighted by Gasteiger charge is 2.38. The fourth-order valence-corrected chi connectivity index (χ4v) is 2.04. The monoisotopic (exact) mass is 242 g/mol. The Morgan fingerprint density at radius 3 is 2.33 bits per heavy atom. The summed E-state index contributed by atoms with van der Waals surface area (Å²) in [7, 11) is 0. The molecule has 1 aliphatic rings. The Morgan fingerprint density at radius 2 is 1.78 bits per heavy atom. The summed E-state index contributed by atoms with van der Waals surface area (Å²) >= 11 is 0. The zero-order valence-electron chi connectivity index (χ0n) is 9.38. The number of carbonyl (C=O) groups is 2. The van der Waals surface area contributed by atoms with E-state index >= 15 is 0 Å². The number of rotatable bonds is 2. The number of nitrogens with zero attached hydrogens (tertiary/aromatic N) is 2. The molecule has 0 radical (unpaired) electrons. The van der Waals surface area contributed by atoms with Crippen LogP contribution in [0.4, 0.5) is 5.82 Å². The van der Waals surface area contributed by atoms with Crippen LogP contribution in [0.15, 0.2) is 30.5 Å². The number of nitrogens with one attached hydrogen (secondary N) is 1. The Kier molecular flexibility index (Phi) is 2.24.